The predicted octanol–water partition coefficient (Wildman–Crippen LogP) is 0.484. The van der Waals surface area contributed by atoms with Crippen LogP contribution in [0.5, 0.6) is 0 Å². The zero-order valence-electron chi connectivity index (χ0n) is 6.01. The topological polar surface area (TPSA) is 70.1 Å². The van der Waals surface area contributed by atoms with E-state index in [1.54, 1.807) is 0 Å². The Balaban J connectivity index is 2.00. The van der Waals surface area contributed by atoms with Crippen molar-refractivity contribution >= 4 is 7.60 Å². The molecular formula is C6H11O4P. The molecule has 0 amide bonds. The van der Waals surface area contributed by atoms with E-state index < -0.39 is 13.3 Å². The lowest BCUT2D eigenvalue weighted by Crippen LogP contribution is -2.18. The summed E-state index contributed by atoms with van der Waals surface area (Å²) in [4.78, 5) is 17.7. The Morgan fingerprint density at radius 1 is 1.27 bits per heavy atom. The van der Waals surface area contributed by atoms with Gasteiger partial charge in [0.15, 0.2) is 0 Å². The normalized spacial score (nSPS) is 43.3. The SMILES string of the molecule is O=P(O)(O)C1CCC2OC2C1. The van der Waals surface area contributed by atoms with Crippen molar-refractivity contribution in [3.8, 4) is 0 Å². The Bertz CT molecular complexity index is 211. The van der Waals surface area contributed by atoms with Gasteiger partial charge in [-0.3, -0.25) is 4.57 Å². The van der Waals surface area contributed by atoms with Gasteiger partial charge < -0.3 is 14.5 Å². The summed E-state index contributed by atoms with van der Waals surface area (Å²) in [5.41, 5.74) is -0.439. The minimum atomic E-state index is -3.83. The Labute approximate surface area is 64.7 Å². The molecule has 2 rings (SSSR count). The second-order valence-corrected chi connectivity index (χ2v) is 5.18. The van der Waals surface area contributed by atoms with Gasteiger partial charge in [-0.2, -0.15) is 0 Å². The Hall–Kier alpha value is 0.110. The average molecular weight is 178 g/mol. The zero-order chi connectivity index (χ0) is 8.06. The number of rotatable bonds is 1. The molecule has 0 spiro atoms. The number of fused-ring (bicyclic) bond motifs is 1. The second kappa shape index (κ2) is 2.30. The van der Waals surface area contributed by atoms with Gasteiger partial charge in [0, 0.05) is 0 Å². The molecule has 64 valence electrons. The Morgan fingerprint density at radius 2 is 2.00 bits per heavy atom. The molecule has 0 radical (unpaired) electrons. The first-order valence-electron chi connectivity index (χ1n) is 3.78. The summed E-state index contributed by atoms with van der Waals surface area (Å²) >= 11 is 0. The molecule has 0 aromatic heterocycles. The zero-order valence-corrected chi connectivity index (χ0v) is 6.91. The molecular weight excluding hydrogens is 167 g/mol. The highest BCUT2D eigenvalue weighted by atomic mass is 31.2. The van der Waals surface area contributed by atoms with Crippen molar-refractivity contribution in [1.29, 1.82) is 0 Å². The third-order valence-corrected chi connectivity index (χ3v) is 3.87. The summed E-state index contributed by atoms with van der Waals surface area (Å²) in [7, 11) is -3.83. The van der Waals surface area contributed by atoms with Crippen molar-refractivity contribution in [2.45, 2.75) is 37.1 Å². The van der Waals surface area contributed by atoms with Gasteiger partial charge in [0.1, 0.15) is 0 Å². The van der Waals surface area contributed by atoms with E-state index in [1.165, 1.54) is 0 Å². The summed E-state index contributed by atoms with van der Waals surface area (Å²) in [6, 6.07) is 0. The first-order chi connectivity index (χ1) is 5.07. The van der Waals surface area contributed by atoms with E-state index >= 15 is 0 Å². The predicted molar refractivity (Wildman–Crippen MR) is 38.3 cm³/mol. The molecule has 2 aliphatic rings. The van der Waals surface area contributed by atoms with Crippen molar-refractivity contribution in [3.05, 3.63) is 0 Å². The van der Waals surface area contributed by atoms with Crippen molar-refractivity contribution in [1.82, 2.24) is 0 Å². The van der Waals surface area contributed by atoms with Crippen LogP contribution >= 0.6 is 7.60 Å². The fraction of sp³-hybridized carbons (Fsp3) is 1.00. The third kappa shape index (κ3) is 1.49. The Morgan fingerprint density at radius 3 is 2.55 bits per heavy atom. The lowest BCUT2D eigenvalue weighted by atomic mass is 10.0. The minimum absolute atomic E-state index is 0.154. The fourth-order valence-electron chi connectivity index (χ4n) is 1.69. The third-order valence-electron chi connectivity index (χ3n) is 2.45. The fourth-order valence-corrected chi connectivity index (χ4v) is 2.66. The molecule has 11 heavy (non-hydrogen) atoms. The molecule has 0 aromatic rings. The van der Waals surface area contributed by atoms with E-state index in [1.807, 2.05) is 0 Å². The maximum Gasteiger partial charge on any atom is 0.328 e. The van der Waals surface area contributed by atoms with E-state index in [9.17, 15) is 4.57 Å². The van der Waals surface area contributed by atoms with Crippen LogP contribution in [0.2, 0.25) is 0 Å². The van der Waals surface area contributed by atoms with Crippen LogP contribution in [0.15, 0.2) is 0 Å². The molecule has 0 bridgehead atoms. The number of ether oxygens (including phenoxy) is 1. The van der Waals surface area contributed by atoms with Gasteiger partial charge in [0.05, 0.1) is 17.9 Å². The molecule has 4 nitrogen and oxygen atoms in total. The van der Waals surface area contributed by atoms with Crippen molar-refractivity contribution < 1.29 is 19.1 Å². The van der Waals surface area contributed by atoms with E-state index in [4.69, 9.17) is 14.5 Å². The number of hydrogen-bond donors (Lipinski definition) is 2. The lowest BCUT2D eigenvalue weighted by molar-refractivity contribution is 0.340. The largest absolute Gasteiger partial charge is 0.370 e. The summed E-state index contributed by atoms with van der Waals surface area (Å²) in [5.74, 6) is 0. The van der Waals surface area contributed by atoms with Gasteiger partial charge >= 0.3 is 7.60 Å². The summed E-state index contributed by atoms with van der Waals surface area (Å²) in [5, 5.41) is 0. The molecule has 3 atom stereocenters. The van der Waals surface area contributed by atoms with Crippen LogP contribution in [0.3, 0.4) is 0 Å². The highest BCUT2D eigenvalue weighted by Gasteiger charge is 2.48. The van der Waals surface area contributed by atoms with Crippen LogP contribution in [-0.4, -0.2) is 27.7 Å². The van der Waals surface area contributed by atoms with E-state index in [0.29, 0.717) is 18.9 Å². The average Bonchev–Trinajstić information content (AvgIpc) is 2.60. The van der Waals surface area contributed by atoms with Gasteiger partial charge in [-0.05, 0) is 19.3 Å². The summed E-state index contributed by atoms with van der Waals surface area (Å²) < 4.78 is 15.9. The van der Waals surface area contributed by atoms with E-state index in [2.05, 4.69) is 0 Å². The monoisotopic (exact) mass is 178 g/mol. The van der Waals surface area contributed by atoms with Gasteiger partial charge in [0.2, 0.25) is 0 Å². The maximum absolute atomic E-state index is 10.8. The van der Waals surface area contributed by atoms with Crippen LogP contribution < -0.4 is 0 Å². The Kier molecular flexibility index (Phi) is 1.62. The van der Waals surface area contributed by atoms with Crippen molar-refractivity contribution in [3.63, 3.8) is 0 Å². The quantitative estimate of drug-likeness (QED) is 0.452. The highest BCUT2D eigenvalue weighted by molar-refractivity contribution is 7.52. The number of epoxide rings is 1. The molecule has 2 N–H and O–H groups in total. The molecule has 1 aliphatic carbocycles. The minimum Gasteiger partial charge on any atom is -0.370 e. The van der Waals surface area contributed by atoms with Crippen LogP contribution in [-0.2, 0) is 9.30 Å². The highest BCUT2D eigenvalue weighted by Crippen LogP contribution is 2.52. The van der Waals surface area contributed by atoms with Crippen molar-refractivity contribution in [2.75, 3.05) is 0 Å². The second-order valence-electron chi connectivity index (χ2n) is 3.27. The number of hydrogen-bond acceptors (Lipinski definition) is 2. The maximum atomic E-state index is 10.8. The first-order valence-corrected chi connectivity index (χ1v) is 5.46. The van der Waals surface area contributed by atoms with Crippen LogP contribution in [0.1, 0.15) is 19.3 Å². The molecule has 2 fully saturated rings. The molecule has 5 heteroatoms. The van der Waals surface area contributed by atoms with Gasteiger partial charge in [0.25, 0.3) is 0 Å². The van der Waals surface area contributed by atoms with Crippen LogP contribution in [0, 0.1) is 0 Å². The lowest BCUT2D eigenvalue weighted by Gasteiger charge is -2.19. The molecule has 3 unspecified atom stereocenters. The van der Waals surface area contributed by atoms with Crippen molar-refractivity contribution in [2.24, 2.45) is 0 Å². The standard InChI is InChI=1S/C6H11O4P/c7-11(8,9)4-1-2-5-6(3-4)10-5/h4-6H,1-3H2,(H2,7,8,9). The van der Waals surface area contributed by atoms with E-state index in [-0.39, 0.29) is 6.10 Å². The first kappa shape index (κ1) is 7.74. The summed E-state index contributed by atoms with van der Waals surface area (Å²) in [6.07, 6.45) is 2.46. The van der Waals surface area contributed by atoms with Crippen LogP contribution in [0.25, 0.3) is 0 Å². The molecule has 1 heterocycles. The van der Waals surface area contributed by atoms with Gasteiger partial charge in [-0.1, -0.05) is 0 Å². The summed E-state index contributed by atoms with van der Waals surface area (Å²) in [6.45, 7) is 0. The molecule has 1 aliphatic heterocycles. The van der Waals surface area contributed by atoms with Crippen LogP contribution in [0.4, 0.5) is 0 Å². The van der Waals surface area contributed by atoms with E-state index in [0.717, 1.165) is 6.42 Å². The van der Waals surface area contributed by atoms with Gasteiger partial charge in [-0.25, -0.2) is 0 Å². The molecule has 1 saturated carbocycles. The molecule has 0 aromatic carbocycles. The smallest absolute Gasteiger partial charge is 0.328 e. The molecule has 1 saturated heterocycles. The van der Waals surface area contributed by atoms with Gasteiger partial charge in [-0.15, -0.1) is 0 Å².